The summed E-state index contributed by atoms with van der Waals surface area (Å²) in [6, 6.07) is 19.9. The first kappa shape index (κ1) is 15.6. The summed E-state index contributed by atoms with van der Waals surface area (Å²) in [6.07, 6.45) is 3.46. The van der Waals surface area contributed by atoms with Crippen molar-refractivity contribution < 1.29 is 9.52 Å². The highest BCUT2D eigenvalue weighted by Gasteiger charge is 2.12. The predicted molar refractivity (Wildman–Crippen MR) is 96.4 cm³/mol. The van der Waals surface area contributed by atoms with Crippen molar-refractivity contribution in [1.29, 1.82) is 0 Å². The van der Waals surface area contributed by atoms with E-state index in [0.29, 0.717) is 6.54 Å². The third-order valence-electron chi connectivity index (χ3n) is 4.29. The van der Waals surface area contributed by atoms with Crippen molar-refractivity contribution in [1.82, 2.24) is 14.9 Å². The Morgan fingerprint density at radius 3 is 2.64 bits per heavy atom. The molecule has 0 amide bonds. The molecule has 0 radical (unpaired) electrons. The van der Waals surface area contributed by atoms with Gasteiger partial charge in [0, 0.05) is 12.2 Å². The molecule has 0 aliphatic heterocycles. The van der Waals surface area contributed by atoms with Crippen LogP contribution in [0.25, 0.3) is 16.7 Å². The summed E-state index contributed by atoms with van der Waals surface area (Å²) in [5, 5.41) is 12.8. The maximum atomic E-state index is 9.51. The maximum absolute atomic E-state index is 9.51. The van der Waals surface area contributed by atoms with Crippen molar-refractivity contribution in [3.8, 4) is 5.69 Å². The zero-order valence-corrected chi connectivity index (χ0v) is 13.7. The van der Waals surface area contributed by atoms with Crippen molar-refractivity contribution in [2.24, 2.45) is 0 Å². The number of para-hydroxylation sites is 2. The van der Waals surface area contributed by atoms with Gasteiger partial charge in [-0.1, -0.05) is 24.3 Å². The summed E-state index contributed by atoms with van der Waals surface area (Å²) in [6.45, 7) is 0.642. The Kier molecular flexibility index (Phi) is 4.33. The summed E-state index contributed by atoms with van der Waals surface area (Å²) in [5.74, 6) is 0.740. The molecule has 4 rings (SSSR count). The summed E-state index contributed by atoms with van der Waals surface area (Å²) in [4.78, 5) is 4.43. The molecule has 126 valence electrons. The smallest absolute Gasteiger partial charge is 0.123 e. The van der Waals surface area contributed by atoms with E-state index in [1.165, 1.54) is 0 Å². The number of aliphatic hydroxyl groups is 1. The van der Waals surface area contributed by atoms with E-state index in [-0.39, 0.29) is 12.6 Å². The van der Waals surface area contributed by atoms with Crippen LogP contribution in [0.4, 0.5) is 0 Å². The summed E-state index contributed by atoms with van der Waals surface area (Å²) >= 11 is 0. The number of imidazole rings is 1. The van der Waals surface area contributed by atoms with Gasteiger partial charge in [0.15, 0.2) is 0 Å². The van der Waals surface area contributed by atoms with E-state index in [1.54, 1.807) is 6.26 Å². The Hall–Kier alpha value is -2.89. The van der Waals surface area contributed by atoms with E-state index >= 15 is 0 Å². The van der Waals surface area contributed by atoms with E-state index in [0.717, 1.165) is 28.0 Å². The molecule has 1 unspecified atom stereocenters. The highest BCUT2D eigenvalue weighted by molar-refractivity contribution is 5.77. The predicted octanol–water partition coefficient (Wildman–Crippen LogP) is 3.44. The lowest BCUT2D eigenvalue weighted by Gasteiger charge is -2.14. The molecule has 0 saturated carbocycles. The summed E-state index contributed by atoms with van der Waals surface area (Å²) < 4.78 is 7.43. The van der Waals surface area contributed by atoms with Gasteiger partial charge in [-0.25, -0.2) is 4.98 Å². The zero-order chi connectivity index (χ0) is 17.1. The Morgan fingerprint density at radius 1 is 1.04 bits per heavy atom. The first-order valence-electron chi connectivity index (χ1n) is 8.24. The molecule has 5 nitrogen and oxygen atoms in total. The summed E-state index contributed by atoms with van der Waals surface area (Å²) in [5.41, 5.74) is 4.28. The van der Waals surface area contributed by atoms with E-state index in [1.807, 2.05) is 36.7 Å². The van der Waals surface area contributed by atoms with Gasteiger partial charge >= 0.3 is 0 Å². The van der Waals surface area contributed by atoms with Crippen molar-refractivity contribution in [3.05, 3.63) is 84.6 Å². The van der Waals surface area contributed by atoms with Gasteiger partial charge in [-0.05, 0) is 42.0 Å². The Balaban J connectivity index is 1.49. The van der Waals surface area contributed by atoms with Crippen molar-refractivity contribution in [3.63, 3.8) is 0 Å². The van der Waals surface area contributed by atoms with Crippen LogP contribution >= 0.6 is 0 Å². The van der Waals surface area contributed by atoms with Gasteiger partial charge in [0.05, 0.1) is 29.9 Å². The number of nitrogens with zero attached hydrogens (tertiary/aromatic N) is 2. The monoisotopic (exact) mass is 333 g/mol. The van der Waals surface area contributed by atoms with Gasteiger partial charge in [0.2, 0.25) is 0 Å². The second-order valence-electron chi connectivity index (χ2n) is 5.90. The van der Waals surface area contributed by atoms with Crippen LogP contribution in [0.1, 0.15) is 17.4 Å². The fraction of sp³-hybridized carbons (Fsp3) is 0.150. The molecule has 0 aliphatic carbocycles. The van der Waals surface area contributed by atoms with Crippen molar-refractivity contribution >= 4 is 11.0 Å². The minimum Gasteiger partial charge on any atom is -0.468 e. The molecular weight excluding hydrogens is 314 g/mol. The molecule has 2 aromatic heterocycles. The first-order valence-corrected chi connectivity index (χ1v) is 8.24. The zero-order valence-electron chi connectivity index (χ0n) is 13.7. The molecule has 4 aromatic rings. The molecule has 2 aromatic carbocycles. The molecule has 0 spiro atoms. The van der Waals surface area contributed by atoms with Crippen LogP contribution in [0, 0.1) is 0 Å². The van der Waals surface area contributed by atoms with Gasteiger partial charge < -0.3 is 14.8 Å². The number of hydrogen-bond donors (Lipinski definition) is 2. The van der Waals surface area contributed by atoms with Gasteiger partial charge in [0.1, 0.15) is 12.1 Å². The molecule has 25 heavy (non-hydrogen) atoms. The molecule has 2 heterocycles. The van der Waals surface area contributed by atoms with Gasteiger partial charge in [-0.3, -0.25) is 4.57 Å². The van der Waals surface area contributed by atoms with Crippen LogP contribution < -0.4 is 5.32 Å². The Morgan fingerprint density at radius 2 is 1.88 bits per heavy atom. The molecule has 1 atom stereocenters. The van der Waals surface area contributed by atoms with Gasteiger partial charge in [-0.15, -0.1) is 0 Å². The van der Waals surface area contributed by atoms with Crippen molar-refractivity contribution in [2.75, 3.05) is 6.61 Å². The molecule has 0 aliphatic rings. The number of furan rings is 1. The van der Waals surface area contributed by atoms with E-state index < -0.39 is 0 Å². The van der Waals surface area contributed by atoms with Crippen molar-refractivity contribution in [2.45, 2.75) is 12.6 Å². The van der Waals surface area contributed by atoms with E-state index in [4.69, 9.17) is 4.42 Å². The highest BCUT2D eigenvalue weighted by Crippen LogP contribution is 2.19. The van der Waals surface area contributed by atoms with Gasteiger partial charge in [0.25, 0.3) is 0 Å². The van der Waals surface area contributed by atoms with Crippen LogP contribution in [0.15, 0.2) is 77.7 Å². The molecule has 5 heteroatoms. The second kappa shape index (κ2) is 6.93. The van der Waals surface area contributed by atoms with Crippen LogP contribution in [-0.2, 0) is 6.54 Å². The van der Waals surface area contributed by atoms with Crippen LogP contribution in [0.3, 0.4) is 0 Å². The fourth-order valence-electron chi connectivity index (χ4n) is 2.93. The average Bonchev–Trinajstić information content (AvgIpc) is 3.33. The molecule has 0 bridgehead atoms. The van der Waals surface area contributed by atoms with E-state index in [2.05, 4.69) is 45.2 Å². The largest absolute Gasteiger partial charge is 0.468 e. The lowest BCUT2D eigenvalue weighted by molar-refractivity contribution is 0.225. The van der Waals surface area contributed by atoms with Crippen LogP contribution in [-0.4, -0.2) is 21.3 Å². The van der Waals surface area contributed by atoms with Crippen LogP contribution in [0.2, 0.25) is 0 Å². The lowest BCUT2D eigenvalue weighted by Crippen LogP contribution is -2.23. The standard InChI is InChI=1S/C20H19N3O2/c24-13-18(20-6-3-11-25-20)21-12-15-7-9-16(10-8-15)23-14-22-17-4-1-2-5-19(17)23/h1-11,14,18,21,24H,12-13H2. The molecule has 0 saturated heterocycles. The normalized spacial score (nSPS) is 12.5. The fourth-order valence-corrected chi connectivity index (χ4v) is 2.93. The number of hydrogen-bond acceptors (Lipinski definition) is 4. The molecular formula is C20H19N3O2. The van der Waals surface area contributed by atoms with E-state index in [9.17, 15) is 5.11 Å². The Labute approximate surface area is 145 Å². The number of fused-ring (bicyclic) bond motifs is 1. The minimum absolute atomic E-state index is 0.00732. The number of aromatic nitrogens is 2. The Bertz CT molecular complexity index is 943. The molecule has 0 fully saturated rings. The van der Waals surface area contributed by atoms with Crippen LogP contribution in [0.5, 0.6) is 0 Å². The number of benzene rings is 2. The quantitative estimate of drug-likeness (QED) is 0.567. The third kappa shape index (κ3) is 3.20. The number of nitrogens with one attached hydrogen (secondary N) is 1. The SMILES string of the molecule is OCC(NCc1ccc(-n2cnc3ccccc32)cc1)c1ccco1. The maximum Gasteiger partial charge on any atom is 0.123 e. The highest BCUT2D eigenvalue weighted by atomic mass is 16.3. The lowest BCUT2D eigenvalue weighted by atomic mass is 10.1. The first-order chi connectivity index (χ1) is 12.3. The average molecular weight is 333 g/mol. The molecule has 2 N–H and O–H groups in total. The number of aliphatic hydroxyl groups excluding tert-OH is 1. The number of rotatable bonds is 6. The summed E-state index contributed by atoms with van der Waals surface area (Å²) in [7, 11) is 0. The second-order valence-corrected chi connectivity index (χ2v) is 5.90. The van der Waals surface area contributed by atoms with Gasteiger partial charge in [-0.2, -0.15) is 0 Å². The topological polar surface area (TPSA) is 63.2 Å². The third-order valence-corrected chi connectivity index (χ3v) is 4.29. The minimum atomic E-state index is -0.202.